The Morgan fingerprint density at radius 2 is 2.00 bits per heavy atom. The highest BCUT2D eigenvalue weighted by molar-refractivity contribution is 6.33. The topological polar surface area (TPSA) is 68.0 Å². The van der Waals surface area contributed by atoms with E-state index in [0.29, 0.717) is 17.1 Å². The Kier molecular flexibility index (Phi) is 10.2. The van der Waals surface area contributed by atoms with Crippen LogP contribution >= 0.6 is 36.4 Å². The molecular formula is C12H20Cl3N3O. The van der Waals surface area contributed by atoms with Crippen LogP contribution in [0.4, 0.5) is 0 Å². The lowest BCUT2D eigenvalue weighted by Gasteiger charge is -2.31. The number of hydrogen-bond donors (Lipinski definition) is 2. The van der Waals surface area contributed by atoms with Gasteiger partial charge in [0.1, 0.15) is 0 Å². The number of nitrogens with two attached hydrogens (primary N) is 1. The zero-order chi connectivity index (χ0) is 12.9. The van der Waals surface area contributed by atoms with Crippen molar-refractivity contribution in [1.82, 2.24) is 10.3 Å². The van der Waals surface area contributed by atoms with Crippen LogP contribution < -0.4 is 11.1 Å². The maximum Gasteiger partial charge on any atom is 0.253 e. The average molecular weight is 329 g/mol. The molecule has 1 amide bonds. The van der Waals surface area contributed by atoms with Crippen LogP contribution in [0.5, 0.6) is 0 Å². The van der Waals surface area contributed by atoms with Crippen LogP contribution in [0, 0.1) is 0 Å². The Labute approximate surface area is 131 Å². The molecule has 0 fully saturated rings. The van der Waals surface area contributed by atoms with Crippen molar-refractivity contribution in [3.05, 3.63) is 29.0 Å². The van der Waals surface area contributed by atoms with Gasteiger partial charge in [0.25, 0.3) is 5.91 Å². The minimum absolute atomic E-state index is 0. The Balaban J connectivity index is 0. The molecule has 0 aliphatic rings. The van der Waals surface area contributed by atoms with E-state index in [4.69, 9.17) is 17.3 Å². The molecule has 0 spiro atoms. The first-order valence-electron chi connectivity index (χ1n) is 5.70. The standard InChI is InChI=1S/C12H18ClN3O.2ClH/c1-3-12(4-2,8-14)16-11(17)9-5-6-15-7-10(9)13;;/h5-7H,3-4,8,14H2,1-2H3,(H,16,17);2*1H. The van der Waals surface area contributed by atoms with Crippen LogP contribution in [0.2, 0.25) is 5.02 Å². The van der Waals surface area contributed by atoms with Gasteiger partial charge < -0.3 is 11.1 Å². The third kappa shape index (κ3) is 5.15. The van der Waals surface area contributed by atoms with Crippen LogP contribution in [0.3, 0.4) is 0 Å². The van der Waals surface area contributed by atoms with Crippen molar-refractivity contribution < 1.29 is 4.79 Å². The third-order valence-electron chi connectivity index (χ3n) is 3.14. The van der Waals surface area contributed by atoms with E-state index < -0.39 is 0 Å². The predicted octanol–water partition coefficient (Wildman–Crippen LogP) is 2.83. The number of hydrogen-bond acceptors (Lipinski definition) is 3. The highest BCUT2D eigenvalue weighted by atomic mass is 35.5. The fraction of sp³-hybridized carbons (Fsp3) is 0.500. The first-order valence-corrected chi connectivity index (χ1v) is 6.08. The zero-order valence-corrected chi connectivity index (χ0v) is 13.4. The molecule has 110 valence electrons. The van der Waals surface area contributed by atoms with Crippen molar-refractivity contribution in [3.8, 4) is 0 Å². The van der Waals surface area contributed by atoms with E-state index >= 15 is 0 Å². The molecule has 1 heterocycles. The molecule has 0 bridgehead atoms. The van der Waals surface area contributed by atoms with Gasteiger partial charge in [-0.05, 0) is 18.9 Å². The number of aromatic nitrogens is 1. The predicted molar refractivity (Wildman–Crippen MR) is 83.6 cm³/mol. The Morgan fingerprint density at radius 3 is 2.42 bits per heavy atom. The molecular weight excluding hydrogens is 309 g/mol. The summed E-state index contributed by atoms with van der Waals surface area (Å²) < 4.78 is 0. The van der Waals surface area contributed by atoms with Crippen LogP contribution in [-0.4, -0.2) is 23.0 Å². The lowest BCUT2D eigenvalue weighted by Crippen LogP contribution is -2.52. The van der Waals surface area contributed by atoms with E-state index in [0.717, 1.165) is 12.8 Å². The maximum absolute atomic E-state index is 12.1. The lowest BCUT2D eigenvalue weighted by molar-refractivity contribution is 0.0895. The molecule has 0 radical (unpaired) electrons. The number of rotatable bonds is 5. The van der Waals surface area contributed by atoms with Gasteiger partial charge in [-0.1, -0.05) is 25.4 Å². The highest BCUT2D eigenvalue weighted by Gasteiger charge is 2.27. The van der Waals surface area contributed by atoms with Crippen molar-refractivity contribution in [2.75, 3.05) is 6.54 Å². The summed E-state index contributed by atoms with van der Waals surface area (Å²) in [6.45, 7) is 4.42. The number of amides is 1. The lowest BCUT2D eigenvalue weighted by atomic mass is 9.92. The molecule has 0 aliphatic heterocycles. The van der Waals surface area contributed by atoms with E-state index in [2.05, 4.69) is 10.3 Å². The van der Waals surface area contributed by atoms with Crippen LogP contribution in [-0.2, 0) is 0 Å². The molecule has 0 saturated carbocycles. The van der Waals surface area contributed by atoms with Gasteiger partial charge in [0.2, 0.25) is 0 Å². The molecule has 0 atom stereocenters. The number of pyridine rings is 1. The van der Waals surface area contributed by atoms with Gasteiger partial charge in [-0.25, -0.2) is 0 Å². The second-order valence-electron chi connectivity index (χ2n) is 4.00. The fourth-order valence-electron chi connectivity index (χ4n) is 1.63. The fourth-order valence-corrected chi connectivity index (χ4v) is 1.84. The Hall–Kier alpha value is -0.550. The van der Waals surface area contributed by atoms with E-state index in [1.54, 1.807) is 12.3 Å². The van der Waals surface area contributed by atoms with Crippen LogP contribution in [0.25, 0.3) is 0 Å². The summed E-state index contributed by atoms with van der Waals surface area (Å²) in [7, 11) is 0. The van der Waals surface area contributed by atoms with Gasteiger partial charge in [-0.3, -0.25) is 9.78 Å². The SMILES string of the molecule is CCC(CC)(CN)NC(=O)c1ccncc1Cl.Cl.Cl. The molecule has 7 heteroatoms. The van der Waals surface area contributed by atoms with Crippen LogP contribution in [0.1, 0.15) is 37.0 Å². The molecule has 0 saturated heterocycles. The molecule has 19 heavy (non-hydrogen) atoms. The normalized spacial score (nSPS) is 10.1. The van der Waals surface area contributed by atoms with Crippen molar-refractivity contribution in [2.24, 2.45) is 5.73 Å². The largest absolute Gasteiger partial charge is 0.345 e. The molecule has 3 N–H and O–H groups in total. The zero-order valence-electron chi connectivity index (χ0n) is 11.0. The molecule has 1 aromatic heterocycles. The third-order valence-corrected chi connectivity index (χ3v) is 3.44. The van der Waals surface area contributed by atoms with Crippen molar-refractivity contribution in [1.29, 1.82) is 0 Å². The van der Waals surface area contributed by atoms with Gasteiger partial charge in [-0.15, -0.1) is 24.8 Å². The maximum atomic E-state index is 12.1. The average Bonchev–Trinajstić information content (AvgIpc) is 2.36. The first kappa shape index (κ1) is 20.8. The molecule has 0 aromatic carbocycles. The van der Waals surface area contributed by atoms with Gasteiger partial charge in [-0.2, -0.15) is 0 Å². The van der Waals surface area contributed by atoms with E-state index in [9.17, 15) is 4.79 Å². The molecule has 1 rings (SSSR count). The number of carbonyl (C=O) groups is 1. The van der Waals surface area contributed by atoms with E-state index in [-0.39, 0.29) is 36.3 Å². The summed E-state index contributed by atoms with van der Waals surface area (Å²) in [5.74, 6) is -0.202. The van der Waals surface area contributed by atoms with Crippen molar-refractivity contribution >= 4 is 42.3 Å². The summed E-state index contributed by atoms with van der Waals surface area (Å²) in [4.78, 5) is 15.9. The summed E-state index contributed by atoms with van der Waals surface area (Å²) in [6, 6.07) is 1.60. The van der Waals surface area contributed by atoms with Crippen molar-refractivity contribution in [3.63, 3.8) is 0 Å². The minimum Gasteiger partial charge on any atom is -0.345 e. The van der Waals surface area contributed by atoms with E-state index in [1.807, 2.05) is 13.8 Å². The molecule has 0 unspecified atom stereocenters. The molecule has 1 aromatic rings. The number of nitrogens with one attached hydrogen (secondary N) is 1. The quantitative estimate of drug-likeness (QED) is 0.873. The summed E-state index contributed by atoms with van der Waals surface area (Å²) in [5, 5.41) is 3.31. The second-order valence-corrected chi connectivity index (χ2v) is 4.41. The highest BCUT2D eigenvalue weighted by Crippen LogP contribution is 2.17. The number of nitrogens with zero attached hydrogens (tertiary/aromatic N) is 1. The summed E-state index contributed by atoms with van der Waals surface area (Å²) in [6.07, 6.45) is 4.57. The second kappa shape index (κ2) is 9.37. The van der Waals surface area contributed by atoms with Gasteiger partial charge in [0.05, 0.1) is 16.1 Å². The monoisotopic (exact) mass is 327 g/mol. The summed E-state index contributed by atoms with van der Waals surface area (Å²) in [5.41, 5.74) is 5.81. The molecule has 4 nitrogen and oxygen atoms in total. The van der Waals surface area contributed by atoms with Gasteiger partial charge in [0, 0.05) is 18.9 Å². The molecule has 0 aliphatic carbocycles. The van der Waals surface area contributed by atoms with E-state index in [1.165, 1.54) is 6.20 Å². The Bertz CT molecular complexity index is 389. The van der Waals surface area contributed by atoms with Crippen molar-refractivity contribution in [2.45, 2.75) is 32.2 Å². The van der Waals surface area contributed by atoms with Gasteiger partial charge >= 0.3 is 0 Å². The minimum atomic E-state index is -0.357. The van der Waals surface area contributed by atoms with Crippen LogP contribution in [0.15, 0.2) is 18.5 Å². The Morgan fingerprint density at radius 1 is 1.42 bits per heavy atom. The number of halogens is 3. The summed E-state index contributed by atoms with van der Waals surface area (Å²) >= 11 is 5.92. The smallest absolute Gasteiger partial charge is 0.253 e. The first-order chi connectivity index (χ1) is 8.08. The van der Waals surface area contributed by atoms with Gasteiger partial charge in [0.15, 0.2) is 0 Å². The number of carbonyl (C=O) groups excluding carboxylic acids is 1.